The number of nitrogens with one attached hydrogen (secondary N) is 1. The Balaban J connectivity index is 0.00000261. The van der Waals surface area contributed by atoms with Crippen LogP contribution in [0.4, 0.5) is 8.78 Å². The van der Waals surface area contributed by atoms with Gasteiger partial charge in [0.15, 0.2) is 17.5 Å². The van der Waals surface area contributed by atoms with Gasteiger partial charge in [0.25, 0.3) is 0 Å². The van der Waals surface area contributed by atoms with E-state index >= 15 is 0 Å². The third kappa shape index (κ3) is 5.36. The number of likely N-dealkylation sites (tertiary alicyclic amines) is 1. The van der Waals surface area contributed by atoms with E-state index in [1.807, 2.05) is 6.07 Å². The lowest BCUT2D eigenvalue weighted by atomic mass is 9.86. The van der Waals surface area contributed by atoms with E-state index in [-0.39, 0.29) is 29.7 Å². The van der Waals surface area contributed by atoms with Gasteiger partial charge in [-0.1, -0.05) is 18.9 Å². The van der Waals surface area contributed by atoms with E-state index in [1.54, 1.807) is 19.2 Å². The second-order valence-electron chi connectivity index (χ2n) is 7.14. The summed E-state index contributed by atoms with van der Waals surface area (Å²) < 4.78 is 34.8. The van der Waals surface area contributed by atoms with Gasteiger partial charge in [-0.05, 0) is 42.4 Å². The molecule has 1 aliphatic heterocycles. The minimum atomic E-state index is -2.88. The summed E-state index contributed by atoms with van der Waals surface area (Å²) >= 11 is 0. The molecule has 1 aromatic rings. The van der Waals surface area contributed by atoms with Crippen LogP contribution in [0.15, 0.2) is 23.2 Å². The van der Waals surface area contributed by atoms with Crippen LogP contribution in [0.25, 0.3) is 0 Å². The van der Waals surface area contributed by atoms with E-state index in [1.165, 1.54) is 39.2 Å². The molecule has 3 rings (SSSR count). The van der Waals surface area contributed by atoms with Gasteiger partial charge in [-0.3, -0.25) is 4.99 Å². The fourth-order valence-electron chi connectivity index (χ4n) is 4.18. The van der Waals surface area contributed by atoms with Gasteiger partial charge in [0.05, 0.1) is 7.11 Å². The quantitative estimate of drug-likeness (QED) is 0.377. The maximum atomic E-state index is 12.6. The van der Waals surface area contributed by atoms with Crippen LogP contribution in [0, 0.1) is 5.41 Å². The van der Waals surface area contributed by atoms with Crippen molar-refractivity contribution < 1.29 is 18.3 Å². The smallest absolute Gasteiger partial charge is 0.387 e. The molecule has 1 aromatic carbocycles. The normalized spacial score (nSPS) is 18.7. The largest absolute Gasteiger partial charge is 0.493 e. The lowest BCUT2D eigenvalue weighted by Crippen LogP contribution is -2.40. The van der Waals surface area contributed by atoms with Gasteiger partial charge in [0.2, 0.25) is 0 Å². The highest BCUT2D eigenvalue weighted by Gasteiger charge is 2.41. The predicted molar refractivity (Wildman–Crippen MR) is 112 cm³/mol. The Morgan fingerprint density at radius 1 is 1.26 bits per heavy atom. The molecule has 1 heterocycles. The number of hydrogen-bond acceptors (Lipinski definition) is 3. The van der Waals surface area contributed by atoms with E-state index < -0.39 is 6.61 Å². The second kappa shape index (κ2) is 9.75. The van der Waals surface area contributed by atoms with Crippen LogP contribution in [-0.4, -0.2) is 44.7 Å². The molecule has 1 aliphatic carbocycles. The van der Waals surface area contributed by atoms with Crippen LogP contribution in [-0.2, 0) is 6.54 Å². The average Bonchev–Trinajstić information content (AvgIpc) is 3.25. The summed E-state index contributed by atoms with van der Waals surface area (Å²) in [6.45, 7) is -0.330. The topological polar surface area (TPSA) is 46.1 Å². The summed E-state index contributed by atoms with van der Waals surface area (Å²) in [7, 11) is 3.21. The molecule has 0 unspecified atom stereocenters. The number of guanidine groups is 1. The van der Waals surface area contributed by atoms with E-state index in [9.17, 15) is 8.78 Å². The first-order valence-corrected chi connectivity index (χ1v) is 9.12. The molecule has 0 aromatic heterocycles. The number of aliphatic imine (C=N–C) groups is 1. The molecule has 1 saturated heterocycles. The van der Waals surface area contributed by atoms with Crippen molar-refractivity contribution in [3.8, 4) is 11.5 Å². The molecule has 0 amide bonds. The number of methoxy groups -OCH3 is 1. The van der Waals surface area contributed by atoms with Gasteiger partial charge < -0.3 is 19.7 Å². The lowest BCUT2D eigenvalue weighted by molar-refractivity contribution is -0.0512. The summed E-state index contributed by atoms with van der Waals surface area (Å²) in [5.41, 5.74) is 1.30. The zero-order valence-corrected chi connectivity index (χ0v) is 18.2. The van der Waals surface area contributed by atoms with Crippen molar-refractivity contribution >= 4 is 29.9 Å². The van der Waals surface area contributed by atoms with Gasteiger partial charge in [-0.25, -0.2) is 0 Å². The fourth-order valence-corrected chi connectivity index (χ4v) is 4.18. The van der Waals surface area contributed by atoms with Gasteiger partial charge >= 0.3 is 6.61 Å². The molecular weight excluding hydrogens is 467 g/mol. The Hall–Kier alpha value is -1.32. The molecule has 5 nitrogen and oxygen atoms in total. The number of alkyl halides is 2. The molecule has 1 spiro atoms. The van der Waals surface area contributed by atoms with Crippen molar-refractivity contribution in [1.82, 2.24) is 10.2 Å². The number of benzene rings is 1. The highest BCUT2D eigenvalue weighted by atomic mass is 127. The summed E-state index contributed by atoms with van der Waals surface area (Å²) in [4.78, 5) is 6.71. The van der Waals surface area contributed by atoms with Crippen molar-refractivity contribution in [2.24, 2.45) is 10.4 Å². The Bertz CT molecular complexity index is 652. The van der Waals surface area contributed by atoms with Crippen LogP contribution in [0.1, 0.15) is 37.7 Å². The van der Waals surface area contributed by atoms with Crippen LogP contribution in [0.5, 0.6) is 11.5 Å². The maximum Gasteiger partial charge on any atom is 0.387 e. The number of halogens is 3. The average molecular weight is 495 g/mol. The molecule has 2 fully saturated rings. The monoisotopic (exact) mass is 495 g/mol. The zero-order chi connectivity index (χ0) is 18.6. The van der Waals surface area contributed by atoms with E-state index in [0.29, 0.717) is 17.7 Å². The number of ether oxygens (including phenoxy) is 2. The van der Waals surface area contributed by atoms with E-state index in [4.69, 9.17) is 4.74 Å². The first-order chi connectivity index (χ1) is 12.5. The van der Waals surface area contributed by atoms with Crippen LogP contribution in [0.3, 0.4) is 0 Å². The minimum Gasteiger partial charge on any atom is -0.493 e. The molecule has 27 heavy (non-hydrogen) atoms. The number of hydrogen-bond donors (Lipinski definition) is 1. The Labute approximate surface area is 176 Å². The third-order valence-electron chi connectivity index (χ3n) is 5.51. The molecule has 1 saturated carbocycles. The number of rotatable bonds is 5. The lowest BCUT2D eigenvalue weighted by Gasteiger charge is -2.26. The summed E-state index contributed by atoms with van der Waals surface area (Å²) in [6, 6.07) is 5.05. The van der Waals surface area contributed by atoms with Crippen molar-refractivity contribution in [1.29, 1.82) is 0 Å². The summed E-state index contributed by atoms with van der Waals surface area (Å²) in [5, 5.41) is 3.34. The fraction of sp³-hybridized carbons (Fsp3) is 0.632. The van der Waals surface area contributed by atoms with Gasteiger partial charge in [-0.2, -0.15) is 8.78 Å². The molecule has 1 N–H and O–H groups in total. The Morgan fingerprint density at radius 3 is 2.63 bits per heavy atom. The first-order valence-electron chi connectivity index (χ1n) is 9.12. The Morgan fingerprint density at radius 2 is 2.00 bits per heavy atom. The molecule has 152 valence electrons. The van der Waals surface area contributed by atoms with Crippen molar-refractivity contribution in [3.63, 3.8) is 0 Å². The van der Waals surface area contributed by atoms with E-state index in [0.717, 1.165) is 24.6 Å². The molecule has 0 radical (unpaired) electrons. The number of nitrogens with zero attached hydrogens (tertiary/aromatic N) is 2. The molecule has 0 atom stereocenters. The van der Waals surface area contributed by atoms with Gasteiger partial charge in [0.1, 0.15) is 0 Å². The van der Waals surface area contributed by atoms with Gasteiger partial charge in [-0.15, -0.1) is 24.0 Å². The minimum absolute atomic E-state index is 0. The molecular formula is C19H28F2IN3O2. The first kappa shape index (κ1) is 22.0. The van der Waals surface area contributed by atoms with Crippen LogP contribution < -0.4 is 14.8 Å². The van der Waals surface area contributed by atoms with Gasteiger partial charge in [0, 0.05) is 26.7 Å². The predicted octanol–water partition coefficient (Wildman–Crippen LogP) is 4.26. The van der Waals surface area contributed by atoms with Crippen LogP contribution in [0.2, 0.25) is 0 Å². The summed E-state index contributed by atoms with van der Waals surface area (Å²) in [5.74, 6) is 1.20. The third-order valence-corrected chi connectivity index (χ3v) is 5.51. The standard InChI is InChI=1S/C19H27F2N3O2.HI/c1-22-18(24-10-9-19(13-24)7-3-4-8-19)23-12-14-5-6-15(25-2)16(11-14)26-17(20)21;/h5-6,11,17H,3-4,7-10,12-13H2,1-2H3,(H,22,23);1H. The molecule has 0 bridgehead atoms. The van der Waals surface area contributed by atoms with Crippen LogP contribution >= 0.6 is 24.0 Å². The Kier molecular flexibility index (Phi) is 7.93. The summed E-state index contributed by atoms with van der Waals surface area (Å²) in [6.07, 6.45) is 6.51. The second-order valence-corrected chi connectivity index (χ2v) is 7.14. The van der Waals surface area contributed by atoms with Crippen molar-refractivity contribution in [2.75, 3.05) is 27.2 Å². The van der Waals surface area contributed by atoms with Crippen molar-refractivity contribution in [2.45, 2.75) is 45.3 Å². The highest BCUT2D eigenvalue weighted by Crippen LogP contribution is 2.45. The van der Waals surface area contributed by atoms with Crippen molar-refractivity contribution in [3.05, 3.63) is 23.8 Å². The maximum absolute atomic E-state index is 12.6. The molecule has 8 heteroatoms. The highest BCUT2D eigenvalue weighted by molar-refractivity contribution is 14.0. The zero-order valence-electron chi connectivity index (χ0n) is 15.8. The molecule has 2 aliphatic rings. The van der Waals surface area contributed by atoms with E-state index in [2.05, 4.69) is 19.9 Å². The SMILES string of the molecule is CN=C(NCc1ccc(OC)c(OC(F)F)c1)N1CCC2(CCCC2)C1.I.